The third-order valence-electron chi connectivity index (χ3n) is 4.98. The number of nitrogens with zero attached hydrogens (tertiary/aromatic N) is 3. The number of hydrogen-bond donors (Lipinski definition) is 1. The minimum absolute atomic E-state index is 0.0398. The molecule has 26 heavy (non-hydrogen) atoms. The second kappa shape index (κ2) is 7.63. The van der Waals surface area contributed by atoms with Crippen molar-refractivity contribution in [2.45, 2.75) is 25.4 Å². The highest BCUT2D eigenvalue weighted by molar-refractivity contribution is 5.91. The summed E-state index contributed by atoms with van der Waals surface area (Å²) in [5.74, 6) is 0.494. The van der Waals surface area contributed by atoms with Gasteiger partial charge in [-0.05, 0) is 30.5 Å². The van der Waals surface area contributed by atoms with E-state index in [0.29, 0.717) is 32.6 Å². The smallest absolute Gasteiger partial charge is 0.315 e. The fourth-order valence-corrected chi connectivity index (χ4v) is 3.51. The van der Waals surface area contributed by atoms with Crippen LogP contribution >= 0.6 is 0 Å². The normalized spacial score (nSPS) is 20.4. The molecule has 8 nitrogen and oxygen atoms in total. The van der Waals surface area contributed by atoms with E-state index in [2.05, 4.69) is 0 Å². The molecule has 2 aliphatic heterocycles. The number of nitrogens with two attached hydrogens (primary N) is 1. The average Bonchev–Trinajstić information content (AvgIpc) is 3.13. The Bertz CT molecular complexity index is 691. The molecule has 3 rings (SSSR count). The largest absolute Gasteiger partial charge is 0.497 e. The molecule has 2 aliphatic rings. The van der Waals surface area contributed by atoms with Crippen LogP contribution in [0.15, 0.2) is 24.3 Å². The Kier molecular flexibility index (Phi) is 5.29. The van der Waals surface area contributed by atoms with Gasteiger partial charge in [0.2, 0.25) is 11.8 Å². The molecule has 0 unspecified atom stereocenters. The molecule has 0 bridgehead atoms. The number of likely N-dealkylation sites (tertiary alicyclic amines) is 1. The van der Waals surface area contributed by atoms with Gasteiger partial charge in [-0.25, -0.2) is 4.79 Å². The van der Waals surface area contributed by atoms with E-state index in [1.807, 2.05) is 24.3 Å². The molecule has 0 radical (unpaired) electrons. The Hall–Kier alpha value is -2.77. The summed E-state index contributed by atoms with van der Waals surface area (Å²) in [4.78, 5) is 41.3. The van der Waals surface area contributed by atoms with Gasteiger partial charge < -0.3 is 25.2 Å². The van der Waals surface area contributed by atoms with Crippen molar-refractivity contribution in [3.63, 3.8) is 0 Å². The van der Waals surface area contributed by atoms with E-state index in [1.165, 1.54) is 4.90 Å². The van der Waals surface area contributed by atoms with E-state index in [1.54, 1.807) is 16.9 Å². The van der Waals surface area contributed by atoms with Gasteiger partial charge in [-0.15, -0.1) is 0 Å². The summed E-state index contributed by atoms with van der Waals surface area (Å²) in [5.41, 5.74) is 6.35. The summed E-state index contributed by atoms with van der Waals surface area (Å²) in [6.45, 7) is 1.97. The Balaban J connectivity index is 1.58. The molecule has 1 aromatic carbocycles. The quantitative estimate of drug-likeness (QED) is 0.841. The van der Waals surface area contributed by atoms with Crippen LogP contribution in [0.2, 0.25) is 0 Å². The van der Waals surface area contributed by atoms with Gasteiger partial charge in [0.05, 0.1) is 13.7 Å². The molecule has 0 spiro atoms. The summed E-state index contributed by atoms with van der Waals surface area (Å²) in [6, 6.07) is 6.45. The molecule has 8 heteroatoms. The highest BCUT2D eigenvalue weighted by Crippen LogP contribution is 2.21. The topological polar surface area (TPSA) is 96.2 Å². The highest BCUT2D eigenvalue weighted by Gasteiger charge is 2.38. The van der Waals surface area contributed by atoms with Crippen molar-refractivity contribution >= 4 is 17.8 Å². The molecular formula is C18H24N4O4. The number of methoxy groups -OCH3 is 1. The fourth-order valence-electron chi connectivity index (χ4n) is 3.51. The van der Waals surface area contributed by atoms with Crippen LogP contribution in [-0.2, 0) is 16.1 Å². The van der Waals surface area contributed by atoms with Crippen molar-refractivity contribution in [1.29, 1.82) is 0 Å². The van der Waals surface area contributed by atoms with Gasteiger partial charge in [0, 0.05) is 26.2 Å². The highest BCUT2D eigenvalue weighted by atomic mass is 16.5. The zero-order valence-electron chi connectivity index (χ0n) is 14.9. The maximum Gasteiger partial charge on any atom is 0.315 e. The molecule has 2 saturated heterocycles. The van der Waals surface area contributed by atoms with E-state index in [-0.39, 0.29) is 18.4 Å². The minimum Gasteiger partial charge on any atom is -0.497 e. The van der Waals surface area contributed by atoms with Gasteiger partial charge in [0.1, 0.15) is 11.8 Å². The summed E-state index contributed by atoms with van der Waals surface area (Å²) < 4.78 is 5.13. The number of urea groups is 1. The number of rotatable bonds is 4. The first kappa shape index (κ1) is 18.0. The molecular weight excluding hydrogens is 336 g/mol. The maximum absolute atomic E-state index is 12.7. The van der Waals surface area contributed by atoms with Crippen molar-refractivity contribution in [2.24, 2.45) is 5.73 Å². The zero-order chi connectivity index (χ0) is 18.7. The van der Waals surface area contributed by atoms with Crippen molar-refractivity contribution in [3.05, 3.63) is 29.8 Å². The minimum atomic E-state index is -0.578. The van der Waals surface area contributed by atoms with Crippen molar-refractivity contribution in [3.8, 4) is 5.75 Å². The van der Waals surface area contributed by atoms with E-state index < -0.39 is 12.1 Å². The molecule has 4 amide bonds. The molecule has 1 atom stereocenters. The Morgan fingerprint density at radius 2 is 1.92 bits per heavy atom. The number of hydrogen-bond acceptors (Lipinski definition) is 4. The van der Waals surface area contributed by atoms with Crippen molar-refractivity contribution in [2.75, 3.05) is 33.3 Å². The molecule has 0 saturated carbocycles. The van der Waals surface area contributed by atoms with Gasteiger partial charge in [0.25, 0.3) is 0 Å². The second-order valence-electron chi connectivity index (χ2n) is 6.61. The lowest BCUT2D eigenvalue weighted by Gasteiger charge is -2.36. The Morgan fingerprint density at radius 3 is 2.54 bits per heavy atom. The first-order chi connectivity index (χ1) is 12.5. The number of carbonyl (C=O) groups is 3. The number of ether oxygens (including phenoxy) is 1. The van der Waals surface area contributed by atoms with Gasteiger partial charge in [0.15, 0.2) is 0 Å². The summed E-state index contributed by atoms with van der Waals surface area (Å²) in [5, 5.41) is 0. The maximum atomic E-state index is 12.7. The molecule has 2 fully saturated rings. The summed E-state index contributed by atoms with van der Waals surface area (Å²) in [6.07, 6.45) is 1.35. The zero-order valence-corrected chi connectivity index (χ0v) is 14.9. The SMILES string of the molecule is COc1ccc(CN2CCN(C(=O)[C@H]3CCCN3C(N)=O)CC2=O)cc1. The van der Waals surface area contributed by atoms with Crippen LogP contribution in [0, 0.1) is 0 Å². The third-order valence-corrected chi connectivity index (χ3v) is 4.98. The summed E-state index contributed by atoms with van der Waals surface area (Å²) >= 11 is 0. The van der Waals surface area contributed by atoms with E-state index in [4.69, 9.17) is 10.5 Å². The van der Waals surface area contributed by atoms with Gasteiger partial charge in [-0.2, -0.15) is 0 Å². The van der Waals surface area contributed by atoms with Crippen LogP contribution in [0.4, 0.5) is 4.79 Å². The van der Waals surface area contributed by atoms with Crippen molar-refractivity contribution < 1.29 is 19.1 Å². The van der Waals surface area contributed by atoms with Crippen LogP contribution in [0.1, 0.15) is 18.4 Å². The number of benzene rings is 1. The number of carbonyl (C=O) groups excluding carboxylic acids is 3. The molecule has 2 N–H and O–H groups in total. The van der Waals surface area contributed by atoms with Crippen molar-refractivity contribution in [1.82, 2.24) is 14.7 Å². The van der Waals surface area contributed by atoms with Gasteiger partial charge in [-0.1, -0.05) is 12.1 Å². The molecule has 2 heterocycles. The van der Waals surface area contributed by atoms with E-state index >= 15 is 0 Å². The second-order valence-corrected chi connectivity index (χ2v) is 6.61. The lowest BCUT2D eigenvalue weighted by Crippen LogP contribution is -2.56. The van der Waals surface area contributed by atoms with Crippen LogP contribution < -0.4 is 10.5 Å². The lowest BCUT2D eigenvalue weighted by molar-refractivity contribution is -0.147. The fraction of sp³-hybridized carbons (Fsp3) is 0.500. The number of amides is 4. The number of primary amides is 1. The third kappa shape index (κ3) is 3.74. The van der Waals surface area contributed by atoms with Gasteiger partial charge in [-0.3, -0.25) is 9.59 Å². The first-order valence-corrected chi connectivity index (χ1v) is 8.75. The summed E-state index contributed by atoms with van der Waals surface area (Å²) in [7, 11) is 1.61. The monoisotopic (exact) mass is 360 g/mol. The Morgan fingerprint density at radius 1 is 1.19 bits per heavy atom. The average molecular weight is 360 g/mol. The predicted octanol–water partition coefficient (Wildman–Crippen LogP) is 0.409. The molecule has 140 valence electrons. The van der Waals surface area contributed by atoms with Crippen LogP contribution in [-0.4, -0.2) is 71.9 Å². The molecule has 0 aliphatic carbocycles. The molecule has 1 aromatic rings. The van der Waals surface area contributed by atoms with Gasteiger partial charge >= 0.3 is 6.03 Å². The number of piperazine rings is 1. The molecule has 0 aromatic heterocycles. The van der Waals surface area contributed by atoms with Crippen LogP contribution in [0.5, 0.6) is 5.75 Å². The standard InChI is InChI=1S/C18H24N4O4/c1-26-14-6-4-13(5-7-14)11-20-9-10-21(12-16(20)23)17(24)15-3-2-8-22(15)18(19)25/h4-7,15H,2-3,8-12H2,1H3,(H2,19,25)/t15-/m1/s1. The van der Waals surface area contributed by atoms with Crippen LogP contribution in [0.3, 0.4) is 0 Å². The van der Waals surface area contributed by atoms with E-state index in [0.717, 1.165) is 17.7 Å². The first-order valence-electron chi connectivity index (χ1n) is 8.75. The lowest BCUT2D eigenvalue weighted by atomic mass is 10.1. The van der Waals surface area contributed by atoms with Crippen LogP contribution in [0.25, 0.3) is 0 Å². The van der Waals surface area contributed by atoms with E-state index in [9.17, 15) is 14.4 Å². The Labute approximate surface area is 152 Å². The predicted molar refractivity (Wildman–Crippen MR) is 94.3 cm³/mol.